The van der Waals surface area contributed by atoms with Crippen LogP contribution in [0.25, 0.3) is 10.9 Å². The molecule has 2 heterocycles. The number of esters is 1. The topological polar surface area (TPSA) is 99.1 Å². The van der Waals surface area contributed by atoms with Crippen molar-refractivity contribution >= 4 is 28.8 Å². The van der Waals surface area contributed by atoms with Crippen molar-refractivity contribution in [1.82, 2.24) is 19.9 Å². The number of ether oxygens (including phenoxy) is 2. The lowest BCUT2D eigenvalue weighted by atomic mass is 10.2. The van der Waals surface area contributed by atoms with Crippen molar-refractivity contribution in [3.8, 4) is 5.75 Å². The van der Waals surface area contributed by atoms with Gasteiger partial charge in [-0.3, -0.25) is 5.32 Å². The summed E-state index contributed by atoms with van der Waals surface area (Å²) in [6.07, 6.45) is 0. The highest BCUT2D eigenvalue weighted by molar-refractivity contribution is 5.91. The summed E-state index contributed by atoms with van der Waals surface area (Å²) in [5.74, 6) is 1.03. The van der Waals surface area contributed by atoms with Gasteiger partial charge in [0.1, 0.15) is 11.3 Å². The molecule has 27 heavy (non-hydrogen) atoms. The van der Waals surface area contributed by atoms with Gasteiger partial charge in [0.05, 0.1) is 36.3 Å². The summed E-state index contributed by atoms with van der Waals surface area (Å²) in [7, 11) is 1.33. The first kappa shape index (κ1) is 18.5. The van der Waals surface area contributed by atoms with Crippen LogP contribution in [0.5, 0.6) is 5.75 Å². The van der Waals surface area contributed by atoms with Crippen LogP contribution in [0.15, 0.2) is 18.2 Å². The van der Waals surface area contributed by atoms with Gasteiger partial charge >= 0.3 is 5.97 Å². The molecule has 3 rings (SSSR count). The average molecular weight is 367 g/mol. The zero-order chi connectivity index (χ0) is 19.6. The van der Waals surface area contributed by atoms with Crippen molar-refractivity contribution < 1.29 is 14.3 Å². The largest absolute Gasteiger partial charge is 0.494 e. The molecule has 0 spiro atoms. The summed E-state index contributed by atoms with van der Waals surface area (Å²) in [6.45, 7) is 7.91. The summed E-state index contributed by atoms with van der Waals surface area (Å²) in [5.41, 5.74) is 3.00. The number of hydrogen-bond donors (Lipinski definition) is 1. The molecule has 140 valence electrons. The van der Waals surface area contributed by atoms with Gasteiger partial charge in [0.15, 0.2) is 0 Å². The van der Waals surface area contributed by atoms with E-state index >= 15 is 0 Å². The number of fused-ring (bicyclic) bond motifs is 1. The van der Waals surface area contributed by atoms with E-state index in [9.17, 15) is 4.79 Å². The molecule has 8 nitrogen and oxygen atoms in total. The van der Waals surface area contributed by atoms with Gasteiger partial charge in [0.2, 0.25) is 11.9 Å². The summed E-state index contributed by atoms with van der Waals surface area (Å²) >= 11 is 0. The summed E-state index contributed by atoms with van der Waals surface area (Å²) in [6, 6.07) is 5.68. The van der Waals surface area contributed by atoms with Crippen LogP contribution >= 0.6 is 0 Å². The first-order valence-corrected chi connectivity index (χ1v) is 8.54. The lowest BCUT2D eigenvalue weighted by molar-refractivity contribution is 0.0598. The molecular formula is C19H21N5O3. The Morgan fingerprint density at radius 2 is 1.63 bits per heavy atom. The fourth-order valence-electron chi connectivity index (χ4n) is 2.84. The molecule has 1 aromatic carbocycles. The minimum absolute atomic E-state index is 0.322. The van der Waals surface area contributed by atoms with Crippen LogP contribution in [0.2, 0.25) is 0 Å². The molecule has 3 aromatic rings. The molecule has 0 saturated heterocycles. The number of rotatable bonds is 5. The van der Waals surface area contributed by atoms with Gasteiger partial charge in [0.25, 0.3) is 0 Å². The molecule has 0 aliphatic rings. The number of benzene rings is 1. The van der Waals surface area contributed by atoms with Gasteiger partial charge in [-0.15, -0.1) is 0 Å². The standard InChI is InChI=1S/C19H21N5O3/c1-6-27-13-7-8-15-14(9-13)10(2)20-19(23-15)24-18-21-11(3)16(12(4)22-18)17(25)26-5/h7-9H,6H2,1-5H3,(H,20,21,22,23,24). The van der Waals surface area contributed by atoms with Crippen molar-refractivity contribution in [2.75, 3.05) is 19.0 Å². The van der Waals surface area contributed by atoms with Gasteiger partial charge in [-0.2, -0.15) is 0 Å². The Balaban J connectivity index is 1.95. The van der Waals surface area contributed by atoms with Gasteiger partial charge in [-0.05, 0) is 45.9 Å². The molecule has 0 amide bonds. The van der Waals surface area contributed by atoms with Gasteiger partial charge in [0, 0.05) is 5.39 Å². The maximum atomic E-state index is 11.8. The van der Waals surface area contributed by atoms with Crippen LogP contribution in [-0.4, -0.2) is 39.6 Å². The average Bonchev–Trinajstić information content (AvgIpc) is 2.61. The highest BCUT2D eigenvalue weighted by atomic mass is 16.5. The number of aromatic nitrogens is 4. The first-order chi connectivity index (χ1) is 12.9. The SMILES string of the molecule is CCOc1ccc2nc(Nc3nc(C)c(C(=O)OC)c(C)n3)nc(C)c2c1. The molecular weight excluding hydrogens is 346 g/mol. The fourth-order valence-corrected chi connectivity index (χ4v) is 2.84. The molecule has 0 bridgehead atoms. The lowest BCUT2D eigenvalue weighted by Gasteiger charge is -2.11. The number of methoxy groups -OCH3 is 1. The van der Waals surface area contributed by atoms with Crippen LogP contribution in [0.3, 0.4) is 0 Å². The highest BCUT2D eigenvalue weighted by Gasteiger charge is 2.17. The number of aryl methyl sites for hydroxylation is 3. The molecule has 8 heteroatoms. The molecule has 0 aliphatic carbocycles. The summed E-state index contributed by atoms with van der Waals surface area (Å²) in [4.78, 5) is 29.5. The van der Waals surface area contributed by atoms with E-state index in [4.69, 9.17) is 9.47 Å². The molecule has 1 N–H and O–H groups in total. The number of nitrogens with one attached hydrogen (secondary N) is 1. The number of nitrogens with zero attached hydrogens (tertiary/aromatic N) is 4. The maximum absolute atomic E-state index is 11.8. The van der Waals surface area contributed by atoms with Crippen LogP contribution in [0, 0.1) is 20.8 Å². The second kappa shape index (κ2) is 7.53. The van der Waals surface area contributed by atoms with E-state index in [2.05, 4.69) is 25.3 Å². The Labute approximate surface area is 157 Å². The number of anilines is 2. The predicted octanol–water partition coefficient (Wildman–Crippen LogP) is 3.27. The second-order valence-electron chi connectivity index (χ2n) is 5.95. The Morgan fingerprint density at radius 3 is 2.26 bits per heavy atom. The zero-order valence-electron chi connectivity index (χ0n) is 16.0. The fraction of sp³-hybridized carbons (Fsp3) is 0.316. The summed E-state index contributed by atoms with van der Waals surface area (Å²) < 4.78 is 10.3. The van der Waals surface area contributed by atoms with E-state index in [-0.39, 0.29) is 0 Å². The maximum Gasteiger partial charge on any atom is 0.341 e. The zero-order valence-corrected chi connectivity index (χ0v) is 16.0. The predicted molar refractivity (Wildman–Crippen MR) is 102 cm³/mol. The molecule has 2 aromatic heterocycles. The van der Waals surface area contributed by atoms with Crippen LogP contribution < -0.4 is 10.1 Å². The number of carbonyl (C=O) groups excluding carboxylic acids is 1. The van der Waals surface area contributed by atoms with Gasteiger partial charge < -0.3 is 9.47 Å². The Morgan fingerprint density at radius 1 is 1.00 bits per heavy atom. The Bertz CT molecular complexity index is 997. The lowest BCUT2D eigenvalue weighted by Crippen LogP contribution is -2.12. The van der Waals surface area contributed by atoms with Crippen molar-refractivity contribution in [3.05, 3.63) is 40.8 Å². The van der Waals surface area contributed by atoms with Crippen LogP contribution in [0.4, 0.5) is 11.9 Å². The third-order valence-corrected chi connectivity index (χ3v) is 4.05. The number of hydrogen-bond acceptors (Lipinski definition) is 8. The smallest absolute Gasteiger partial charge is 0.341 e. The van der Waals surface area contributed by atoms with E-state index in [1.54, 1.807) is 13.8 Å². The molecule has 0 aliphatic heterocycles. The third-order valence-electron chi connectivity index (χ3n) is 4.05. The third kappa shape index (κ3) is 3.79. The highest BCUT2D eigenvalue weighted by Crippen LogP contribution is 2.24. The first-order valence-electron chi connectivity index (χ1n) is 8.54. The van der Waals surface area contributed by atoms with Crippen molar-refractivity contribution in [2.24, 2.45) is 0 Å². The van der Waals surface area contributed by atoms with Gasteiger partial charge in [-0.1, -0.05) is 0 Å². The molecule has 0 fully saturated rings. The molecule has 0 unspecified atom stereocenters. The van der Waals surface area contributed by atoms with Crippen molar-refractivity contribution in [2.45, 2.75) is 27.7 Å². The van der Waals surface area contributed by atoms with E-state index in [1.165, 1.54) is 7.11 Å². The van der Waals surface area contributed by atoms with E-state index in [0.717, 1.165) is 22.3 Å². The molecule has 0 radical (unpaired) electrons. The van der Waals surface area contributed by atoms with E-state index in [1.807, 2.05) is 32.0 Å². The Kier molecular flexibility index (Phi) is 5.16. The monoisotopic (exact) mass is 367 g/mol. The molecule has 0 atom stereocenters. The quantitative estimate of drug-likeness (QED) is 0.686. The minimum atomic E-state index is -0.459. The molecule has 0 saturated carbocycles. The van der Waals surface area contributed by atoms with Crippen LogP contribution in [-0.2, 0) is 4.74 Å². The number of carbonyl (C=O) groups is 1. The van der Waals surface area contributed by atoms with Crippen LogP contribution in [0.1, 0.15) is 34.4 Å². The minimum Gasteiger partial charge on any atom is -0.494 e. The van der Waals surface area contributed by atoms with Gasteiger partial charge in [-0.25, -0.2) is 24.7 Å². The summed E-state index contributed by atoms with van der Waals surface area (Å²) in [5, 5.41) is 3.93. The van der Waals surface area contributed by atoms with Crippen molar-refractivity contribution in [1.29, 1.82) is 0 Å². The van der Waals surface area contributed by atoms with E-state index in [0.29, 0.717) is 35.5 Å². The Hall–Kier alpha value is -3.29. The second-order valence-corrected chi connectivity index (χ2v) is 5.95. The normalized spacial score (nSPS) is 10.7. The van der Waals surface area contributed by atoms with E-state index < -0.39 is 5.97 Å². The van der Waals surface area contributed by atoms with Crippen molar-refractivity contribution in [3.63, 3.8) is 0 Å².